The Labute approximate surface area is 97.5 Å². The predicted molar refractivity (Wildman–Crippen MR) is 54.2 cm³/mol. The van der Waals surface area contributed by atoms with Gasteiger partial charge in [-0.15, -0.1) is 0 Å². The van der Waals surface area contributed by atoms with E-state index >= 15 is 0 Å². The van der Waals surface area contributed by atoms with Crippen molar-refractivity contribution in [3.8, 4) is 0 Å². The average Bonchev–Trinajstić information content (AvgIpc) is 2.21. The zero-order chi connectivity index (χ0) is 13.3. The maximum absolute atomic E-state index is 11.8. The number of alkyl halides is 3. The third kappa shape index (κ3) is 11.0. The van der Waals surface area contributed by atoms with Gasteiger partial charge in [-0.25, -0.2) is 0 Å². The molecule has 0 fully saturated rings. The van der Waals surface area contributed by atoms with E-state index in [2.05, 4.69) is 10.1 Å². The molecule has 0 heterocycles. The molecule has 1 N–H and O–H groups in total. The van der Waals surface area contributed by atoms with Gasteiger partial charge in [0.15, 0.2) is 0 Å². The number of nitrogens with one attached hydrogen (secondary N) is 1. The number of esters is 1. The van der Waals surface area contributed by atoms with Crippen LogP contribution in [0.2, 0.25) is 0 Å². The van der Waals surface area contributed by atoms with Gasteiger partial charge >= 0.3 is 12.1 Å². The molecule has 0 aromatic rings. The van der Waals surface area contributed by atoms with E-state index in [9.17, 15) is 22.8 Å². The summed E-state index contributed by atoms with van der Waals surface area (Å²) in [6, 6.07) is 0. The maximum Gasteiger partial charge on any atom is 0.389 e. The Balaban J connectivity index is 3.49. The number of amides is 1. The first-order valence-electron chi connectivity index (χ1n) is 5.34. The van der Waals surface area contributed by atoms with E-state index in [1.807, 2.05) is 0 Å². The minimum absolute atomic E-state index is 0.146. The summed E-state index contributed by atoms with van der Waals surface area (Å²) < 4.78 is 39.9. The molecule has 0 bridgehead atoms. The van der Waals surface area contributed by atoms with Crippen molar-refractivity contribution in [1.82, 2.24) is 5.32 Å². The van der Waals surface area contributed by atoms with Crippen molar-refractivity contribution in [2.45, 2.75) is 38.8 Å². The molecule has 0 aliphatic rings. The van der Waals surface area contributed by atoms with E-state index in [4.69, 9.17) is 0 Å². The highest BCUT2D eigenvalue weighted by Gasteiger charge is 2.27. The quantitative estimate of drug-likeness (QED) is 0.557. The van der Waals surface area contributed by atoms with E-state index in [-0.39, 0.29) is 25.5 Å². The van der Waals surface area contributed by atoms with Crippen molar-refractivity contribution in [1.29, 1.82) is 0 Å². The van der Waals surface area contributed by atoms with Gasteiger partial charge in [0.05, 0.1) is 13.0 Å². The summed E-state index contributed by atoms with van der Waals surface area (Å²) in [5, 5.41) is 2.31. The zero-order valence-corrected chi connectivity index (χ0v) is 9.60. The maximum atomic E-state index is 11.8. The lowest BCUT2D eigenvalue weighted by atomic mass is 10.2. The van der Waals surface area contributed by atoms with Crippen molar-refractivity contribution in [3.05, 3.63) is 0 Å². The molecule has 0 aliphatic heterocycles. The second-order valence-electron chi connectivity index (χ2n) is 3.37. The third-order valence-corrected chi connectivity index (χ3v) is 1.82. The first-order valence-corrected chi connectivity index (χ1v) is 5.34. The van der Waals surface area contributed by atoms with E-state index in [1.165, 1.54) is 0 Å². The minimum Gasteiger partial charge on any atom is -0.466 e. The summed E-state index contributed by atoms with van der Waals surface area (Å²) in [6.45, 7) is 2.14. The van der Waals surface area contributed by atoms with Gasteiger partial charge in [-0.1, -0.05) is 0 Å². The normalized spacial score (nSPS) is 11.1. The third-order valence-electron chi connectivity index (χ3n) is 1.82. The van der Waals surface area contributed by atoms with Crippen molar-refractivity contribution in [2.24, 2.45) is 0 Å². The Hall–Kier alpha value is -1.27. The Morgan fingerprint density at radius 2 is 1.88 bits per heavy atom. The van der Waals surface area contributed by atoms with Gasteiger partial charge < -0.3 is 10.1 Å². The number of hydrogen-bond donors (Lipinski definition) is 1. The molecule has 100 valence electrons. The van der Waals surface area contributed by atoms with E-state index in [1.54, 1.807) is 6.92 Å². The molecule has 17 heavy (non-hydrogen) atoms. The van der Waals surface area contributed by atoms with Crippen LogP contribution >= 0.6 is 0 Å². The number of carbonyl (C=O) groups excluding carboxylic acids is 2. The van der Waals surface area contributed by atoms with Crippen LogP contribution in [0.25, 0.3) is 0 Å². The molecule has 0 spiro atoms. The molecule has 0 radical (unpaired) electrons. The molecule has 0 unspecified atom stereocenters. The van der Waals surface area contributed by atoms with Crippen LogP contribution < -0.4 is 5.32 Å². The molecular weight excluding hydrogens is 239 g/mol. The van der Waals surface area contributed by atoms with Crippen LogP contribution in [-0.2, 0) is 14.3 Å². The van der Waals surface area contributed by atoms with Crippen molar-refractivity contribution >= 4 is 11.9 Å². The van der Waals surface area contributed by atoms with Crippen LogP contribution in [-0.4, -0.2) is 31.2 Å². The smallest absolute Gasteiger partial charge is 0.389 e. The topological polar surface area (TPSA) is 55.4 Å². The number of ether oxygens (including phenoxy) is 1. The lowest BCUT2D eigenvalue weighted by molar-refractivity contribution is -0.144. The Kier molecular flexibility index (Phi) is 7.32. The summed E-state index contributed by atoms with van der Waals surface area (Å²) in [7, 11) is 0. The fourth-order valence-electron chi connectivity index (χ4n) is 1.04. The number of carbonyl (C=O) groups is 2. The van der Waals surface area contributed by atoms with Crippen molar-refractivity contribution in [2.75, 3.05) is 13.2 Å². The van der Waals surface area contributed by atoms with Crippen LogP contribution in [0.4, 0.5) is 13.2 Å². The Bertz CT molecular complexity index is 254. The Morgan fingerprint density at radius 3 is 2.41 bits per heavy atom. The molecule has 4 nitrogen and oxygen atoms in total. The highest BCUT2D eigenvalue weighted by Crippen LogP contribution is 2.20. The fraction of sp³-hybridized carbons (Fsp3) is 0.800. The first-order chi connectivity index (χ1) is 7.85. The molecule has 0 atom stereocenters. The molecule has 0 rings (SSSR count). The predicted octanol–water partition coefficient (Wildman–Crippen LogP) is 1.79. The highest BCUT2D eigenvalue weighted by molar-refractivity contribution is 5.76. The summed E-state index contributed by atoms with van der Waals surface area (Å²) in [6.07, 6.45) is -5.52. The van der Waals surface area contributed by atoms with E-state index in [0.29, 0.717) is 6.42 Å². The van der Waals surface area contributed by atoms with Gasteiger partial charge in [0.25, 0.3) is 0 Å². The number of rotatable bonds is 7. The van der Waals surface area contributed by atoms with E-state index in [0.717, 1.165) is 0 Å². The largest absolute Gasteiger partial charge is 0.466 e. The molecule has 7 heteroatoms. The van der Waals surface area contributed by atoms with Gasteiger partial charge in [0.1, 0.15) is 0 Å². The van der Waals surface area contributed by atoms with Crippen molar-refractivity contribution < 1.29 is 27.5 Å². The monoisotopic (exact) mass is 255 g/mol. The summed E-state index contributed by atoms with van der Waals surface area (Å²) in [5.41, 5.74) is 0. The molecular formula is C10H16F3NO3. The fourth-order valence-corrected chi connectivity index (χ4v) is 1.04. The molecule has 0 aromatic heterocycles. The van der Waals surface area contributed by atoms with Crippen LogP contribution in [0.3, 0.4) is 0 Å². The molecule has 0 saturated heterocycles. The van der Waals surface area contributed by atoms with Crippen LogP contribution in [0.5, 0.6) is 0 Å². The standard InChI is InChI=1S/C10H16F3NO3/c1-2-17-9(16)4-3-7-14-8(15)5-6-10(11,12)13/h2-7H2,1H3,(H,14,15). The molecule has 0 aliphatic carbocycles. The van der Waals surface area contributed by atoms with Gasteiger partial charge in [-0.2, -0.15) is 13.2 Å². The summed E-state index contributed by atoms with van der Waals surface area (Å²) in [4.78, 5) is 21.8. The average molecular weight is 255 g/mol. The molecule has 0 saturated carbocycles. The number of halogens is 3. The summed E-state index contributed by atoms with van der Waals surface area (Å²) >= 11 is 0. The Morgan fingerprint density at radius 1 is 1.24 bits per heavy atom. The lowest BCUT2D eigenvalue weighted by Gasteiger charge is -2.07. The van der Waals surface area contributed by atoms with Crippen LogP contribution in [0, 0.1) is 0 Å². The van der Waals surface area contributed by atoms with Gasteiger partial charge in [-0.3, -0.25) is 9.59 Å². The molecule has 0 aromatic carbocycles. The summed E-state index contributed by atoms with van der Waals surface area (Å²) in [5.74, 6) is -1.04. The SMILES string of the molecule is CCOC(=O)CCCNC(=O)CCC(F)(F)F. The van der Waals surface area contributed by atoms with Gasteiger partial charge in [-0.05, 0) is 13.3 Å². The molecule has 1 amide bonds. The van der Waals surface area contributed by atoms with Crippen LogP contribution in [0.15, 0.2) is 0 Å². The zero-order valence-electron chi connectivity index (χ0n) is 9.60. The second kappa shape index (κ2) is 7.92. The minimum atomic E-state index is -4.32. The van der Waals surface area contributed by atoms with E-state index < -0.39 is 24.9 Å². The van der Waals surface area contributed by atoms with Crippen LogP contribution in [0.1, 0.15) is 32.6 Å². The van der Waals surface area contributed by atoms with Gasteiger partial charge in [0, 0.05) is 19.4 Å². The first kappa shape index (κ1) is 15.7. The highest BCUT2D eigenvalue weighted by atomic mass is 19.4. The second-order valence-corrected chi connectivity index (χ2v) is 3.37. The van der Waals surface area contributed by atoms with Gasteiger partial charge in [0.2, 0.25) is 5.91 Å². The lowest BCUT2D eigenvalue weighted by Crippen LogP contribution is -2.26. The number of hydrogen-bond acceptors (Lipinski definition) is 3. The van der Waals surface area contributed by atoms with Crippen molar-refractivity contribution in [3.63, 3.8) is 0 Å².